The molecule has 0 atom stereocenters. The van der Waals surface area contributed by atoms with Crippen molar-refractivity contribution in [1.82, 2.24) is 9.78 Å². The Morgan fingerprint density at radius 2 is 2.15 bits per heavy atom. The van der Waals surface area contributed by atoms with E-state index < -0.39 is 0 Å². The van der Waals surface area contributed by atoms with Crippen molar-refractivity contribution in [1.29, 1.82) is 0 Å². The number of aromatic nitrogens is 2. The highest BCUT2D eigenvalue weighted by molar-refractivity contribution is 5.55. The van der Waals surface area contributed by atoms with Crippen LogP contribution in [0.15, 0.2) is 24.4 Å². The summed E-state index contributed by atoms with van der Waals surface area (Å²) >= 11 is 0. The second-order valence-corrected chi connectivity index (χ2v) is 4.69. The molecule has 0 amide bonds. The Hall–Kier alpha value is -2.37. The van der Waals surface area contributed by atoms with Gasteiger partial charge < -0.3 is 5.32 Å². The van der Waals surface area contributed by atoms with E-state index in [2.05, 4.69) is 10.4 Å². The van der Waals surface area contributed by atoms with Crippen LogP contribution in [-0.4, -0.2) is 14.7 Å². The summed E-state index contributed by atoms with van der Waals surface area (Å²) in [6, 6.07) is 5.26. The molecule has 6 heteroatoms. The van der Waals surface area contributed by atoms with E-state index in [0.29, 0.717) is 13.0 Å². The molecule has 1 aromatic heterocycles. The lowest BCUT2D eigenvalue weighted by molar-refractivity contribution is -0.385. The molecule has 0 unspecified atom stereocenters. The number of nitro groups is 1. The smallest absolute Gasteiger partial charge is 0.274 e. The van der Waals surface area contributed by atoms with E-state index in [0.717, 1.165) is 22.5 Å². The monoisotopic (exact) mass is 274 g/mol. The minimum absolute atomic E-state index is 0.167. The topological polar surface area (TPSA) is 73.0 Å². The largest absolute Gasteiger partial charge is 0.381 e. The molecule has 1 N–H and O–H groups in total. The number of nitrogens with zero attached hydrogens (tertiary/aromatic N) is 3. The van der Waals surface area contributed by atoms with Crippen LogP contribution in [0.25, 0.3) is 0 Å². The van der Waals surface area contributed by atoms with E-state index in [1.807, 2.05) is 27.0 Å². The van der Waals surface area contributed by atoms with Crippen LogP contribution < -0.4 is 5.32 Å². The summed E-state index contributed by atoms with van der Waals surface area (Å²) in [5.41, 5.74) is 3.82. The number of nitro benzene ring substituents is 1. The van der Waals surface area contributed by atoms with Gasteiger partial charge in [0.1, 0.15) is 0 Å². The first-order valence-electron chi connectivity index (χ1n) is 6.51. The molecule has 2 aromatic rings. The van der Waals surface area contributed by atoms with Crippen LogP contribution in [0.5, 0.6) is 0 Å². The molecule has 0 bridgehead atoms. The molecule has 0 aliphatic rings. The Bertz CT molecular complexity index is 634. The molecule has 0 radical (unpaired) electrons. The molecule has 1 heterocycles. The van der Waals surface area contributed by atoms with Crippen molar-refractivity contribution in [2.75, 3.05) is 5.32 Å². The fraction of sp³-hybridized carbons (Fsp3) is 0.357. The second kappa shape index (κ2) is 5.73. The van der Waals surface area contributed by atoms with Crippen LogP contribution in [0.4, 0.5) is 11.4 Å². The van der Waals surface area contributed by atoms with Gasteiger partial charge in [-0.05, 0) is 19.4 Å². The summed E-state index contributed by atoms with van der Waals surface area (Å²) in [6.07, 6.45) is 2.45. The second-order valence-electron chi connectivity index (χ2n) is 4.69. The average Bonchev–Trinajstić information content (AvgIpc) is 2.76. The molecule has 20 heavy (non-hydrogen) atoms. The van der Waals surface area contributed by atoms with Gasteiger partial charge in [-0.2, -0.15) is 5.10 Å². The number of anilines is 1. The van der Waals surface area contributed by atoms with Gasteiger partial charge in [-0.25, -0.2) is 0 Å². The fourth-order valence-electron chi connectivity index (χ4n) is 2.06. The molecule has 0 aliphatic carbocycles. The summed E-state index contributed by atoms with van der Waals surface area (Å²) in [7, 11) is 1.89. The lowest BCUT2D eigenvalue weighted by Gasteiger charge is -2.08. The Kier molecular flexibility index (Phi) is 4.02. The number of hydrogen-bond acceptors (Lipinski definition) is 4. The molecule has 0 spiro atoms. The molecule has 6 nitrogen and oxygen atoms in total. The van der Waals surface area contributed by atoms with Crippen LogP contribution in [0.3, 0.4) is 0 Å². The van der Waals surface area contributed by atoms with Gasteiger partial charge in [0.2, 0.25) is 0 Å². The maximum Gasteiger partial charge on any atom is 0.274 e. The third-order valence-corrected chi connectivity index (χ3v) is 3.48. The maximum atomic E-state index is 11.0. The molecular formula is C14H18N4O2. The van der Waals surface area contributed by atoms with Gasteiger partial charge in [0, 0.05) is 42.2 Å². The lowest BCUT2D eigenvalue weighted by Crippen LogP contribution is -2.03. The zero-order chi connectivity index (χ0) is 14.7. The van der Waals surface area contributed by atoms with Gasteiger partial charge in [0.15, 0.2) is 0 Å². The van der Waals surface area contributed by atoms with Crippen molar-refractivity contribution < 1.29 is 4.92 Å². The molecular weight excluding hydrogens is 256 g/mol. The first-order chi connectivity index (χ1) is 9.52. The van der Waals surface area contributed by atoms with Crippen LogP contribution >= 0.6 is 0 Å². The number of hydrogen-bond donors (Lipinski definition) is 1. The highest BCUT2D eigenvalue weighted by Crippen LogP contribution is 2.24. The van der Waals surface area contributed by atoms with Crippen LogP contribution in [-0.2, 0) is 20.0 Å². The zero-order valence-electron chi connectivity index (χ0n) is 11.9. The van der Waals surface area contributed by atoms with Crippen molar-refractivity contribution in [3.8, 4) is 0 Å². The average molecular weight is 274 g/mol. The standard InChI is InChI=1S/C14H18N4O2/c1-4-11-5-6-13(7-14(11)18(19)20)15-8-12-9-16-17(3)10(12)2/h5-7,9,15H,4,8H2,1-3H3. The van der Waals surface area contributed by atoms with E-state index in [9.17, 15) is 10.1 Å². The minimum atomic E-state index is -0.334. The van der Waals surface area contributed by atoms with E-state index in [-0.39, 0.29) is 10.6 Å². The first kappa shape index (κ1) is 14.0. The fourth-order valence-corrected chi connectivity index (χ4v) is 2.06. The summed E-state index contributed by atoms with van der Waals surface area (Å²) in [6.45, 7) is 4.50. The zero-order valence-corrected chi connectivity index (χ0v) is 11.9. The predicted octanol–water partition coefficient (Wildman–Crippen LogP) is 2.81. The third-order valence-electron chi connectivity index (χ3n) is 3.48. The SMILES string of the molecule is CCc1ccc(NCc2cnn(C)c2C)cc1[N+](=O)[O-]. The molecule has 2 rings (SSSR count). The molecule has 0 saturated heterocycles. The van der Waals surface area contributed by atoms with Crippen molar-refractivity contribution in [3.05, 3.63) is 51.3 Å². The minimum Gasteiger partial charge on any atom is -0.381 e. The van der Waals surface area contributed by atoms with Crippen LogP contribution in [0.1, 0.15) is 23.7 Å². The number of rotatable bonds is 5. The van der Waals surface area contributed by atoms with Gasteiger partial charge in [-0.1, -0.05) is 13.0 Å². The molecule has 0 fully saturated rings. The summed E-state index contributed by atoms with van der Waals surface area (Å²) in [4.78, 5) is 10.7. The highest BCUT2D eigenvalue weighted by Gasteiger charge is 2.13. The summed E-state index contributed by atoms with van der Waals surface area (Å²) < 4.78 is 1.81. The molecule has 0 aliphatic heterocycles. The van der Waals surface area contributed by atoms with Crippen molar-refractivity contribution in [3.63, 3.8) is 0 Å². The highest BCUT2D eigenvalue weighted by atomic mass is 16.6. The van der Waals surface area contributed by atoms with Crippen LogP contribution in [0.2, 0.25) is 0 Å². The maximum absolute atomic E-state index is 11.0. The molecule has 1 aromatic carbocycles. The van der Waals surface area contributed by atoms with Crippen LogP contribution in [0, 0.1) is 17.0 Å². The normalized spacial score (nSPS) is 10.6. The van der Waals surface area contributed by atoms with E-state index in [4.69, 9.17) is 0 Å². The van der Waals surface area contributed by atoms with E-state index >= 15 is 0 Å². The number of nitrogens with one attached hydrogen (secondary N) is 1. The van der Waals surface area contributed by atoms with Gasteiger partial charge in [-0.15, -0.1) is 0 Å². The Morgan fingerprint density at radius 1 is 1.40 bits per heavy atom. The van der Waals surface area contributed by atoms with Gasteiger partial charge >= 0.3 is 0 Å². The summed E-state index contributed by atoms with van der Waals surface area (Å²) in [5, 5.41) is 18.4. The van der Waals surface area contributed by atoms with Gasteiger partial charge in [0.05, 0.1) is 11.1 Å². The molecule has 106 valence electrons. The Balaban J connectivity index is 2.16. The van der Waals surface area contributed by atoms with Gasteiger partial charge in [0.25, 0.3) is 5.69 Å². The lowest BCUT2D eigenvalue weighted by atomic mass is 10.1. The van der Waals surface area contributed by atoms with Crippen molar-refractivity contribution >= 4 is 11.4 Å². The van der Waals surface area contributed by atoms with Crippen molar-refractivity contribution in [2.45, 2.75) is 26.8 Å². The van der Waals surface area contributed by atoms with E-state index in [1.54, 1.807) is 23.0 Å². The molecule has 0 saturated carbocycles. The number of benzene rings is 1. The van der Waals surface area contributed by atoms with Crippen molar-refractivity contribution in [2.24, 2.45) is 7.05 Å². The predicted molar refractivity (Wildman–Crippen MR) is 77.7 cm³/mol. The quantitative estimate of drug-likeness (QED) is 0.672. The van der Waals surface area contributed by atoms with Gasteiger partial charge in [-0.3, -0.25) is 14.8 Å². The first-order valence-corrected chi connectivity index (χ1v) is 6.51. The number of aryl methyl sites for hydroxylation is 2. The summed E-state index contributed by atoms with van der Waals surface area (Å²) in [5.74, 6) is 0. The Morgan fingerprint density at radius 3 is 2.70 bits per heavy atom. The van der Waals surface area contributed by atoms with E-state index in [1.165, 1.54) is 0 Å². The Labute approximate surface area is 117 Å². The third kappa shape index (κ3) is 2.79.